The SMILES string of the molecule is Cc1c(NC(=O)c2cccc(S(=O)(=O)Nc3cccc(Cl)c3)c2)cccc1C(=O)N1CCCC1. The van der Waals surface area contributed by atoms with E-state index in [1.165, 1.54) is 30.3 Å². The Labute approximate surface area is 203 Å². The largest absolute Gasteiger partial charge is 0.339 e. The molecule has 3 aromatic rings. The number of nitrogens with zero attached hydrogens (tertiary/aromatic N) is 1. The van der Waals surface area contributed by atoms with Gasteiger partial charge in [0.25, 0.3) is 21.8 Å². The van der Waals surface area contributed by atoms with Crippen molar-refractivity contribution in [1.82, 2.24) is 4.90 Å². The molecule has 4 rings (SSSR count). The third kappa shape index (κ3) is 5.24. The number of hydrogen-bond acceptors (Lipinski definition) is 4. The molecular weight excluding hydrogens is 474 g/mol. The minimum absolute atomic E-state index is 0.0497. The molecule has 1 heterocycles. The van der Waals surface area contributed by atoms with Crippen LogP contribution in [0.15, 0.2) is 71.6 Å². The van der Waals surface area contributed by atoms with Crippen LogP contribution in [-0.4, -0.2) is 38.2 Å². The number of halogens is 1. The van der Waals surface area contributed by atoms with Crippen LogP contribution < -0.4 is 10.0 Å². The number of anilines is 2. The molecule has 0 radical (unpaired) electrons. The summed E-state index contributed by atoms with van der Waals surface area (Å²) in [6.07, 6.45) is 1.99. The van der Waals surface area contributed by atoms with E-state index in [1.54, 1.807) is 43.3 Å². The van der Waals surface area contributed by atoms with Crippen LogP contribution in [0.2, 0.25) is 5.02 Å². The van der Waals surface area contributed by atoms with Gasteiger partial charge in [0.2, 0.25) is 0 Å². The number of rotatable bonds is 6. The highest BCUT2D eigenvalue weighted by atomic mass is 35.5. The van der Waals surface area contributed by atoms with E-state index in [1.807, 2.05) is 4.90 Å². The molecule has 2 N–H and O–H groups in total. The summed E-state index contributed by atoms with van der Waals surface area (Å²) in [5, 5.41) is 3.20. The van der Waals surface area contributed by atoms with Gasteiger partial charge in [0, 0.05) is 34.9 Å². The maximum atomic E-state index is 12.9. The Bertz CT molecular complexity index is 1350. The molecule has 0 bridgehead atoms. The quantitative estimate of drug-likeness (QED) is 0.504. The maximum absolute atomic E-state index is 12.9. The van der Waals surface area contributed by atoms with Crippen molar-refractivity contribution in [2.24, 2.45) is 0 Å². The third-order valence-corrected chi connectivity index (χ3v) is 7.30. The zero-order chi connectivity index (χ0) is 24.3. The molecule has 0 unspecified atom stereocenters. The first kappa shape index (κ1) is 23.8. The molecule has 0 saturated carbocycles. The molecule has 0 aliphatic carbocycles. The fourth-order valence-corrected chi connectivity index (χ4v) is 5.14. The Morgan fingerprint density at radius 3 is 2.38 bits per heavy atom. The van der Waals surface area contributed by atoms with E-state index >= 15 is 0 Å². The second-order valence-electron chi connectivity index (χ2n) is 8.08. The molecule has 0 aromatic heterocycles. The van der Waals surface area contributed by atoms with E-state index in [-0.39, 0.29) is 16.4 Å². The van der Waals surface area contributed by atoms with Crippen molar-refractivity contribution in [3.63, 3.8) is 0 Å². The van der Waals surface area contributed by atoms with Crippen molar-refractivity contribution in [2.45, 2.75) is 24.7 Å². The predicted molar refractivity (Wildman–Crippen MR) is 133 cm³/mol. The van der Waals surface area contributed by atoms with Crippen LogP contribution in [0.1, 0.15) is 39.1 Å². The summed E-state index contributed by atoms with van der Waals surface area (Å²) in [6, 6.07) is 17.3. The van der Waals surface area contributed by atoms with Crippen molar-refractivity contribution in [3.05, 3.63) is 88.4 Å². The molecule has 3 aromatic carbocycles. The highest BCUT2D eigenvalue weighted by molar-refractivity contribution is 7.92. The first-order chi connectivity index (χ1) is 16.2. The summed E-state index contributed by atoms with van der Waals surface area (Å²) in [7, 11) is -3.93. The molecule has 1 saturated heterocycles. The Balaban J connectivity index is 1.54. The molecule has 1 fully saturated rings. The summed E-state index contributed by atoms with van der Waals surface area (Å²) in [6.45, 7) is 3.26. The average molecular weight is 498 g/mol. The topological polar surface area (TPSA) is 95.6 Å². The Morgan fingerprint density at radius 1 is 0.941 bits per heavy atom. The van der Waals surface area contributed by atoms with Crippen LogP contribution in [0.4, 0.5) is 11.4 Å². The molecule has 176 valence electrons. The van der Waals surface area contributed by atoms with Gasteiger partial charge < -0.3 is 10.2 Å². The lowest BCUT2D eigenvalue weighted by atomic mass is 10.0. The lowest BCUT2D eigenvalue weighted by Gasteiger charge is -2.18. The first-order valence-electron chi connectivity index (χ1n) is 10.8. The second-order valence-corrected chi connectivity index (χ2v) is 10.2. The highest BCUT2D eigenvalue weighted by Gasteiger charge is 2.22. The van der Waals surface area contributed by atoms with Crippen molar-refractivity contribution in [1.29, 1.82) is 0 Å². The summed E-state index contributed by atoms with van der Waals surface area (Å²) in [5.74, 6) is -0.528. The Hall–Kier alpha value is -3.36. The third-order valence-electron chi connectivity index (χ3n) is 5.69. The van der Waals surface area contributed by atoms with Gasteiger partial charge in [0.15, 0.2) is 0 Å². The van der Waals surface area contributed by atoms with Gasteiger partial charge in [-0.2, -0.15) is 0 Å². The summed E-state index contributed by atoms with van der Waals surface area (Å²) in [4.78, 5) is 27.5. The molecule has 34 heavy (non-hydrogen) atoms. The fraction of sp³-hybridized carbons (Fsp3) is 0.200. The van der Waals surface area contributed by atoms with Gasteiger partial charge in [0.05, 0.1) is 10.6 Å². The molecule has 7 nitrogen and oxygen atoms in total. The van der Waals surface area contributed by atoms with Crippen LogP contribution >= 0.6 is 11.6 Å². The second kappa shape index (κ2) is 9.87. The van der Waals surface area contributed by atoms with Crippen LogP contribution in [-0.2, 0) is 10.0 Å². The van der Waals surface area contributed by atoms with Crippen LogP contribution in [0.5, 0.6) is 0 Å². The van der Waals surface area contributed by atoms with Crippen molar-refractivity contribution in [3.8, 4) is 0 Å². The van der Waals surface area contributed by atoms with Gasteiger partial charge in [-0.05, 0) is 73.9 Å². The van der Waals surface area contributed by atoms with Crippen molar-refractivity contribution in [2.75, 3.05) is 23.1 Å². The lowest BCUT2D eigenvalue weighted by molar-refractivity contribution is 0.0791. The van der Waals surface area contributed by atoms with Crippen molar-refractivity contribution >= 4 is 44.8 Å². The van der Waals surface area contributed by atoms with Crippen molar-refractivity contribution < 1.29 is 18.0 Å². The number of carbonyl (C=O) groups excluding carboxylic acids is 2. The summed E-state index contributed by atoms with van der Waals surface area (Å²) in [5.41, 5.74) is 2.20. The van der Waals surface area contributed by atoms with E-state index in [2.05, 4.69) is 10.0 Å². The van der Waals surface area contributed by atoms with E-state index < -0.39 is 15.9 Å². The lowest BCUT2D eigenvalue weighted by Crippen LogP contribution is -2.28. The van der Waals surface area contributed by atoms with E-state index in [4.69, 9.17) is 11.6 Å². The Kier molecular flexibility index (Phi) is 6.90. The van der Waals surface area contributed by atoms with Gasteiger partial charge in [-0.25, -0.2) is 8.42 Å². The molecule has 1 aliphatic heterocycles. The van der Waals surface area contributed by atoms with Gasteiger partial charge in [-0.15, -0.1) is 0 Å². The molecule has 9 heteroatoms. The maximum Gasteiger partial charge on any atom is 0.261 e. The van der Waals surface area contributed by atoms with Gasteiger partial charge >= 0.3 is 0 Å². The smallest absolute Gasteiger partial charge is 0.261 e. The molecular formula is C25H24ClN3O4S. The highest BCUT2D eigenvalue weighted by Crippen LogP contribution is 2.24. The number of likely N-dealkylation sites (tertiary alicyclic amines) is 1. The number of sulfonamides is 1. The Morgan fingerprint density at radius 2 is 1.65 bits per heavy atom. The minimum atomic E-state index is -3.93. The number of amides is 2. The van der Waals surface area contributed by atoms with Gasteiger partial charge in [0.1, 0.15) is 0 Å². The molecule has 0 atom stereocenters. The summed E-state index contributed by atoms with van der Waals surface area (Å²) >= 11 is 5.93. The monoisotopic (exact) mass is 497 g/mol. The zero-order valence-corrected chi connectivity index (χ0v) is 20.1. The molecule has 0 spiro atoms. The average Bonchev–Trinajstić information content (AvgIpc) is 3.35. The number of carbonyl (C=O) groups is 2. The van der Waals surface area contributed by atoms with E-state index in [0.29, 0.717) is 27.5 Å². The van der Waals surface area contributed by atoms with Gasteiger partial charge in [-0.1, -0.05) is 29.8 Å². The molecule has 2 amide bonds. The number of hydrogen-bond donors (Lipinski definition) is 2. The zero-order valence-electron chi connectivity index (χ0n) is 18.5. The standard InChI is InChI=1S/C25H24ClN3O4S/c1-17-22(25(31)29-13-2-3-14-29)11-6-12-23(17)27-24(30)18-7-4-10-21(15-18)34(32,33)28-20-9-5-8-19(26)16-20/h4-12,15-16,28H,2-3,13-14H2,1H3,(H,27,30). The summed E-state index contributed by atoms with van der Waals surface area (Å²) < 4.78 is 28.1. The number of benzene rings is 3. The minimum Gasteiger partial charge on any atom is -0.339 e. The van der Waals surface area contributed by atoms with E-state index in [9.17, 15) is 18.0 Å². The van der Waals surface area contributed by atoms with Crippen LogP contribution in [0, 0.1) is 6.92 Å². The van der Waals surface area contributed by atoms with Crippen LogP contribution in [0.3, 0.4) is 0 Å². The predicted octanol–water partition coefficient (Wildman–Crippen LogP) is 4.94. The van der Waals surface area contributed by atoms with Gasteiger partial charge in [-0.3, -0.25) is 14.3 Å². The van der Waals surface area contributed by atoms with E-state index in [0.717, 1.165) is 25.9 Å². The van der Waals surface area contributed by atoms with Crippen LogP contribution in [0.25, 0.3) is 0 Å². The molecule has 1 aliphatic rings. The normalized spacial score (nSPS) is 13.5. The number of nitrogens with one attached hydrogen (secondary N) is 2. The first-order valence-corrected chi connectivity index (χ1v) is 12.7. The fourth-order valence-electron chi connectivity index (χ4n) is 3.86.